The topological polar surface area (TPSA) is 42.9 Å². The van der Waals surface area contributed by atoms with Gasteiger partial charge in [0.15, 0.2) is 5.96 Å². The van der Waals surface area contributed by atoms with Gasteiger partial charge in [0.25, 0.3) is 0 Å². The predicted octanol–water partition coefficient (Wildman–Crippen LogP) is 2.85. The van der Waals surface area contributed by atoms with Crippen molar-refractivity contribution in [3.8, 4) is 0 Å². The molecule has 0 radical (unpaired) electrons. The van der Waals surface area contributed by atoms with Crippen LogP contribution >= 0.6 is 0 Å². The van der Waals surface area contributed by atoms with Crippen molar-refractivity contribution in [2.75, 3.05) is 51.2 Å². The summed E-state index contributed by atoms with van der Waals surface area (Å²) in [6.07, 6.45) is 2.61. The Bertz CT molecular complexity index is 533. The lowest BCUT2D eigenvalue weighted by molar-refractivity contribution is 0.308. The molecule has 0 saturated carbocycles. The van der Waals surface area contributed by atoms with Crippen LogP contribution in [-0.4, -0.2) is 57.2 Å². The zero-order valence-corrected chi connectivity index (χ0v) is 16.4. The summed E-state index contributed by atoms with van der Waals surface area (Å²) in [6.45, 7) is 13.1. The molecule has 25 heavy (non-hydrogen) atoms. The summed E-state index contributed by atoms with van der Waals surface area (Å²) >= 11 is 0. The van der Waals surface area contributed by atoms with Crippen molar-refractivity contribution < 1.29 is 0 Å². The van der Waals surface area contributed by atoms with Crippen LogP contribution in [0.2, 0.25) is 0 Å². The Kier molecular flexibility index (Phi) is 8.06. The van der Waals surface area contributed by atoms with Crippen molar-refractivity contribution in [3.63, 3.8) is 0 Å². The van der Waals surface area contributed by atoms with Crippen LogP contribution in [0.25, 0.3) is 0 Å². The Balaban J connectivity index is 1.88. The van der Waals surface area contributed by atoms with Crippen molar-refractivity contribution in [1.29, 1.82) is 0 Å². The lowest BCUT2D eigenvalue weighted by Crippen LogP contribution is -2.42. The van der Waals surface area contributed by atoms with Gasteiger partial charge in [-0.2, -0.15) is 0 Å². The number of anilines is 1. The van der Waals surface area contributed by atoms with E-state index in [4.69, 9.17) is 0 Å². The van der Waals surface area contributed by atoms with E-state index < -0.39 is 0 Å². The first kappa shape index (κ1) is 19.6. The van der Waals surface area contributed by atoms with Crippen LogP contribution < -0.4 is 15.5 Å². The molecule has 1 atom stereocenters. The molecule has 2 N–H and O–H groups in total. The average molecular weight is 346 g/mol. The molecule has 1 aliphatic rings. The number of aliphatic imine (C=N–C) groups is 1. The van der Waals surface area contributed by atoms with Gasteiger partial charge in [-0.3, -0.25) is 4.99 Å². The maximum Gasteiger partial charge on any atom is 0.191 e. The van der Waals surface area contributed by atoms with Crippen LogP contribution in [0, 0.1) is 0 Å². The molecule has 0 spiro atoms. The van der Waals surface area contributed by atoms with E-state index in [0.717, 1.165) is 32.1 Å². The molecule has 0 aromatic heterocycles. The highest BCUT2D eigenvalue weighted by Crippen LogP contribution is 2.23. The van der Waals surface area contributed by atoms with Gasteiger partial charge in [-0.1, -0.05) is 26.0 Å². The van der Waals surface area contributed by atoms with Crippen LogP contribution in [0.1, 0.15) is 45.2 Å². The van der Waals surface area contributed by atoms with Gasteiger partial charge in [0, 0.05) is 38.9 Å². The molecule has 1 heterocycles. The summed E-state index contributed by atoms with van der Waals surface area (Å²) in [5.74, 6) is 0.867. The van der Waals surface area contributed by atoms with Gasteiger partial charge in [0.1, 0.15) is 0 Å². The van der Waals surface area contributed by atoms with Gasteiger partial charge in [-0.05, 0) is 50.6 Å². The number of rotatable bonds is 8. The fraction of sp³-hybridized carbons (Fsp3) is 0.650. The molecule has 5 nitrogen and oxygen atoms in total. The number of hydrogen-bond donors (Lipinski definition) is 2. The highest BCUT2D eigenvalue weighted by molar-refractivity contribution is 5.80. The second-order valence-corrected chi connectivity index (χ2v) is 6.68. The Morgan fingerprint density at radius 3 is 2.60 bits per heavy atom. The summed E-state index contributed by atoms with van der Waals surface area (Å²) in [5.41, 5.74) is 2.64. The van der Waals surface area contributed by atoms with E-state index in [1.165, 1.54) is 37.2 Å². The Hall–Kier alpha value is -1.75. The normalized spacial score (nSPS) is 16.4. The minimum absolute atomic E-state index is 0.224. The van der Waals surface area contributed by atoms with Crippen molar-refractivity contribution in [1.82, 2.24) is 15.5 Å². The Morgan fingerprint density at radius 1 is 1.24 bits per heavy atom. The number of likely N-dealkylation sites (N-methyl/N-ethyl adjacent to an activating group) is 1. The molecule has 1 aromatic carbocycles. The number of guanidine groups is 1. The first-order valence-corrected chi connectivity index (χ1v) is 9.72. The van der Waals surface area contributed by atoms with Gasteiger partial charge < -0.3 is 20.4 Å². The van der Waals surface area contributed by atoms with Crippen LogP contribution in [0.5, 0.6) is 0 Å². The fourth-order valence-corrected chi connectivity index (χ4v) is 3.32. The maximum atomic E-state index is 4.37. The van der Waals surface area contributed by atoms with Crippen LogP contribution in [0.3, 0.4) is 0 Å². The van der Waals surface area contributed by atoms with Crippen molar-refractivity contribution in [3.05, 3.63) is 29.8 Å². The number of benzene rings is 1. The minimum Gasteiger partial charge on any atom is -0.372 e. The largest absolute Gasteiger partial charge is 0.372 e. The molecular formula is C20H35N5. The summed E-state index contributed by atoms with van der Waals surface area (Å²) in [7, 11) is 1.83. The highest BCUT2D eigenvalue weighted by atomic mass is 15.2. The first-order valence-electron chi connectivity index (χ1n) is 9.72. The van der Waals surface area contributed by atoms with E-state index in [2.05, 4.69) is 70.5 Å². The zero-order valence-electron chi connectivity index (χ0n) is 16.4. The molecule has 140 valence electrons. The van der Waals surface area contributed by atoms with Crippen LogP contribution in [-0.2, 0) is 0 Å². The van der Waals surface area contributed by atoms with E-state index in [1.807, 2.05) is 7.05 Å². The lowest BCUT2D eigenvalue weighted by atomic mass is 10.1. The number of hydrogen-bond acceptors (Lipinski definition) is 3. The Labute approximate surface area is 153 Å². The van der Waals surface area contributed by atoms with E-state index in [1.54, 1.807) is 0 Å². The molecule has 1 unspecified atom stereocenters. The highest BCUT2D eigenvalue weighted by Gasteiger charge is 2.14. The first-order chi connectivity index (χ1) is 12.2. The van der Waals surface area contributed by atoms with Gasteiger partial charge in [0.2, 0.25) is 0 Å². The van der Waals surface area contributed by atoms with E-state index in [9.17, 15) is 0 Å². The molecule has 1 fully saturated rings. The zero-order chi connectivity index (χ0) is 18.1. The lowest BCUT2D eigenvalue weighted by Gasteiger charge is -2.23. The molecular weight excluding hydrogens is 310 g/mol. The summed E-state index contributed by atoms with van der Waals surface area (Å²) in [4.78, 5) is 9.25. The molecule has 1 aliphatic heterocycles. The van der Waals surface area contributed by atoms with E-state index >= 15 is 0 Å². The summed E-state index contributed by atoms with van der Waals surface area (Å²) in [6, 6.07) is 9.12. The van der Waals surface area contributed by atoms with Crippen molar-refractivity contribution >= 4 is 11.6 Å². The molecule has 0 aliphatic carbocycles. The predicted molar refractivity (Wildman–Crippen MR) is 109 cm³/mol. The van der Waals surface area contributed by atoms with Gasteiger partial charge in [0.05, 0.1) is 6.04 Å². The van der Waals surface area contributed by atoms with Crippen molar-refractivity contribution in [2.45, 2.75) is 39.7 Å². The van der Waals surface area contributed by atoms with Gasteiger partial charge in [-0.25, -0.2) is 0 Å². The molecule has 1 aromatic rings. The minimum atomic E-state index is 0.224. The van der Waals surface area contributed by atoms with Gasteiger partial charge >= 0.3 is 0 Å². The molecule has 1 saturated heterocycles. The monoisotopic (exact) mass is 345 g/mol. The number of nitrogens with one attached hydrogen (secondary N) is 2. The second kappa shape index (κ2) is 10.3. The standard InChI is InChI=1S/C20H35N5/c1-5-24(6-2)15-12-22-20(21-4)23-17(3)18-10-9-11-19(16-18)25-13-7-8-14-25/h9-11,16-17H,5-8,12-15H2,1-4H3,(H2,21,22,23). The Morgan fingerprint density at radius 2 is 1.96 bits per heavy atom. The van der Waals surface area contributed by atoms with Crippen LogP contribution in [0.15, 0.2) is 29.3 Å². The fourth-order valence-electron chi connectivity index (χ4n) is 3.32. The summed E-state index contributed by atoms with van der Waals surface area (Å²) < 4.78 is 0. The van der Waals surface area contributed by atoms with E-state index in [0.29, 0.717) is 0 Å². The summed E-state index contributed by atoms with van der Waals surface area (Å²) in [5, 5.41) is 6.94. The molecule has 5 heteroatoms. The maximum absolute atomic E-state index is 4.37. The van der Waals surface area contributed by atoms with Gasteiger partial charge in [-0.15, -0.1) is 0 Å². The smallest absolute Gasteiger partial charge is 0.191 e. The average Bonchev–Trinajstić information content (AvgIpc) is 3.19. The SMILES string of the molecule is CCN(CC)CCNC(=NC)NC(C)c1cccc(N2CCCC2)c1. The third-order valence-corrected chi connectivity index (χ3v) is 5.03. The van der Waals surface area contributed by atoms with E-state index in [-0.39, 0.29) is 6.04 Å². The molecule has 2 rings (SSSR count). The third-order valence-electron chi connectivity index (χ3n) is 5.03. The number of nitrogens with zero attached hydrogens (tertiary/aromatic N) is 3. The van der Waals surface area contributed by atoms with Crippen LogP contribution in [0.4, 0.5) is 5.69 Å². The molecule has 0 amide bonds. The second-order valence-electron chi connectivity index (χ2n) is 6.68. The third kappa shape index (κ3) is 5.92. The van der Waals surface area contributed by atoms with Crippen molar-refractivity contribution in [2.24, 2.45) is 4.99 Å². The molecule has 0 bridgehead atoms. The quantitative estimate of drug-likeness (QED) is 0.562.